The van der Waals surface area contributed by atoms with Gasteiger partial charge in [-0.1, -0.05) is 26.3 Å². The molecular weight excluding hydrogens is 436 g/mol. The van der Waals surface area contributed by atoms with Gasteiger partial charge >= 0.3 is 0 Å². The standard InChI is InChI=1S/C26H38N2O4S/c1-11-17(6)32-26-24(20(9)27-28(26)14-15(2)3)25(29)21-12-13-22(33(10,30)31)23(19(21)8)18(7)16(4)5/h12-13,15,17H,11,14H2,1-10H3. The molecule has 0 saturated heterocycles. The molecule has 2 aromatic rings. The zero-order valence-corrected chi connectivity index (χ0v) is 22.5. The van der Waals surface area contributed by atoms with E-state index in [1.165, 1.54) is 6.26 Å². The summed E-state index contributed by atoms with van der Waals surface area (Å²) in [6, 6.07) is 3.16. The number of aromatic nitrogens is 2. The number of ether oxygens (including phenoxy) is 1. The molecular formula is C26H38N2O4S. The Morgan fingerprint density at radius 1 is 1.09 bits per heavy atom. The zero-order chi connectivity index (χ0) is 25.2. The van der Waals surface area contributed by atoms with Crippen molar-refractivity contribution in [3.05, 3.63) is 45.7 Å². The second-order valence-corrected chi connectivity index (χ2v) is 11.5. The van der Waals surface area contributed by atoms with Gasteiger partial charge < -0.3 is 4.74 Å². The average Bonchev–Trinajstić information content (AvgIpc) is 2.99. The van der Waals surface area contributed by atoms with Crippen molar-refractivity contribution in [3.8, 4) is 5.88 Å². The maximum absolute atomic E-state index is 13.9. The maximum Gasteiger partial charge on any atom is 0.223 e. The quantitative estimate of drug-likeness (QED) is 0.430. The summed E-state index contributed by atoms with van der Waals surface area (Å²) in [4.78, 5) is 14.1. The van der Waals surface area contributed by atoms with Crippen LogP contribution in [0.4, 0.5) is 0 Å². The van der Waals surface area contributed by atoms with E-state index >= 15 is 0 Å². The van der Waals surface area contributed by atoms with Gasteiger partial charge in [-0.05, 0) is 82.7 Å². The third kappa shape index (κ3) is 5.75. The highest BCUT2D eigenvalue weighted by molar-refractivity contribution is 7.90. The van der Waals surface area contributed by atoms with Crippen LogP contribution in [0.2, 0.25) is 0 Å². The van der Waals surface area contributed by atoms with E-state index in [0.717, 1.165) is 17.6 Å². The molecule has 0 spiro atoms. The summed E-state index contributed by atoms with van der Waals surface area (Å²) < 4.78 is 33.0. The lowest BCUT2D eigenvalue weighted by molar-refractivity contribution is 0.102. The minimum atomic E-state index is -3.47. The summed E-state index contributed by atoms with van der Waals surface area (Å²) in [6.07, 6.45) is 1.92. The number of benzene rings is 1. The van der Waals surface area contributed by atoms with Crippen molar-refractivity contribution in [1.29, 1.82) is 0 Å². The highest BCUT2D eigenvalue weighted by atomic mass is 32.2. The Morgan fingerprint density at radius 3 is 2.18 bits per heavy atom. The number of ketones is 1. The topological polar surface area (TPSA) is 78.3 Å². The fourth-order valence-electron chi connectivity index (χ4n) is 3.78. The van der Waals surface area contributed by atoms with Crippen molar-refractivity contribution < 1.29 is 17.9 Å². The van der Waals surface area contributed by atoms with Gasteiger partial charge in [-0.3, -0.25) is 4.79 Å². The molecule has 1 aromatic heterocycles. The lowest BCUT2D eigenvalue weighted by Gasteiger charge is -2.19. The Balaban J connectivity index is 2.80. The average molecular weight is 475 g/mol. The SMILES string of the molecule is CCC(C)Oc1c(C(=O)c2ccc(S(C)(=O)=O)c(C(C)=C(C)C)c2C)c(C)nn1CC(C)C. The second kappa shape index (κ2) is 10.2. The predicted octanol–water partition coefficient (Wildman–Crippen LogP) is 5.78. The van der Waals surface area contributed by atoms with Crippen LogP contribution in [0.25, 0.3) is 5.57 Å². The molecule has 182 valence electrons. The van der Waals surface area contributed by atoms with E-state index in [1.807, 2.05) is 48.5 Å². The van der Waals surface area contributed by atoms with Crippen molar-refractivity contribution in [2.45, 2.75) is 86.3 Å². The number of hydrogen-bond acceptors (Lipinski definition) is 5. The number of carbonyl (C=O) groups excluding carboxylic acids is 1. The van der Waals surface area contributed by atoms with Crippen LogP contribution in [-0.4, -0.2) is 36.3 Å². The number of rotatable bonds is 9. The molecule has 1 aromatic carbocycles. The predicted molar refractivity (Wildman–Crippen MR) is 134 cm³/mol. The van der Waals surface area contributed by atoms with Crippen LogP contribution in [-0.2, 0) is 16.4 Å². The molecule has 33 heavy (non-hydrogen) atoms. The second-order valence-electron chi connectivity index (χ2n) is 9.52. The van der Waals surface area contributed by atoms with Crippen LogP contribution in [0.15, 0.2) is 22.6 Å². The number of nitrogens with zero attached hydrogens (tertiary/aromatic N) is 2. The van der Waals surface area contributed by atoms with Gasteiger partial charge in [0.2, 0.25) is 11.7 Å². The van der Waals surface area contributed by atoms with Crippen LogP contribution in [0.5, 0.6) is 5.88 Å². The number of allylic oxidation sites excluding steroid dienone is 2. The van der Waals surface area contributed by atoms with E-state index in [1.54, 1.807) is 16.8 Å². The molecule has 0 radical (unpaired) electrons. The first-order valence-electron chi connectivity index (χ1n) is 11.5. The summed E-state index contributed by atoms with van der Waals surface area (Å²) in [7, 11) is -3.47. The summed E-state index contributed by atoms with van der Waals surface area (Å²) in [5.74, 6) is 0.600. The normalized spacial score (nSPS) is 12.7. The molecule has 6 nitrogen and oxygen atoms in total. The first-order chi connectivity index (χ1) is 15.2. The molecule has 0 fully saturated rings. The number of sulfone groups is 1. The summed E-state index contributed by atoms with van der Waals surface area (Å²) in [5.41, 5.74) is 4.59. The monoisotopic (exact) mass is 474 g/mol. The molecule has 2 rings (SSSR count). The van der Waals surface area contributed by atoms with Crippen LogP contribution < -0.4 is 4.74 Å². The molecule has 7 heteroatoms. The maximum atomic E-state index is 13.9. The minimum Gasteiger partial charge on any atom is -0.474 e. The van der Waals surface area contributed by atoms with Crippen LogP contribution in [0.3, 0.4) is 0 Å². The van der Waals surface area contributed by atoms with E-state index in [9.17, 15) is 13.2 Å². The number of carbonyl (C=O) groups is 1. The molecule has 0 bridgehead atoms. The first kappa shape index (κ1) is 26.8. The molecule has 1 unspecified atom stereocenters. The molecule has 0 aliphatic rings. The van der Waals surface area contributed by atoms with E-state index < -0.39 is 9.84 Å². The first-order valence-corrected chi connectivity index (χ1v) is 13.4. The molecule has 0 amide bonds. The third-order valence-corrected chi connectivity index (χ3v) is 7.07. The molecule has 0 aliphatic carbocycles. The lowest BCUT2D eigenvalue weighted by atomic mass is 9.91. The van der Waals surface area contributed by atoms with Gasteiger partial charge in [0.05, 0.1) is 16.7 Å². The van der Waals surface area contributed by atoms with Crippen molar-refractivity contribution >= 4 is 21.2 Å². The highest BCUT2D eigenvalue weighted by Gasteiger charge is 2.29. The van der Waals surface area contributed by atoms with Crippen molar-refractivity contribution in [2.24, 2.45) is 5.92 Å². The molecule has 0 aliphatic heterocycles. The minimum absolute atomic E-state index is 0.0734. The fourth-order valence-corrected chi connectivity index (χ4v) is 4.77. The molecule has 0 N–H and O–H groups in total. The van der Waals surface area contributed by atoms with E-state index in [-0.39, 0.29) is 16.8 Å². The van der Waals surface area contributed by atoms with Gasteiger partial charge in [-0.25, -0.2) is 13.1 Å². The van der Waals surface area contributed by atoms with Crippen molar-refractivity contribution in [1.82, 2.24) is 9.78 Å². The smallest absolute Gasteiger partial charge is 0.223 e. The lowest BCUT2D eigenvalue weighted by Crippen LogP contribution is -2.18. The number of hydrogen-bond donors (Lipinski definition) is 0. The number of aryl methyl sites for hydroxylation is 1. The van der Waals surface area contributed by atoms with Gasteiger partial charge in [-0.2, -0.15) is 5.10 Å². The van der Waals surface area contributed by atoms with Crippen LogP contribution in [0, 0.1) is 19.8 Å². The van der Waals surface area contributed by atoms with Gasteiger partial charge in [0, 0.05) is 18.4 Å². The largest absolute Gasteiger partial charge is 0.474 e. The Bertz CT molecular complexity index is 1180. The Labute approximate surface area is 199 Å². The van der Waals surface area contributed by atoms with E-state index in [4.69, 9.17) is 4.74 Å². The summed E-state index contributed by atoms with van der Waals surface area (Å²) in [6.45, 7) is 18.2. The van der Waals surface area contributed by atoms with Crippen molar-refractivity contribution in [2.75, 3.05) is 6.26 Å². The Hall–Kier alpha value is -2.41. The fraction of sp³-hybridized carbons (Fsp3) is 0.538. The van der Waals surface area contributed by atoms with E-state index in [2.05, 4.69) is 18.9 Å². The molecule has 1 heterocycles. The Kier molecular flexibility index (Phi) is 8.33. The van der Waals surface area contributed by atoms with Crippen LogP contribution >= 0.6 is 0 Å². The Morgan fingerprint density at radius 2 is 1.70 bits per heavy atom. The summed E-state index contributed by atoms with van der Waals surface area (Å²) in [5, 5.41) is 4.62. The van der Waals surface area contributed by atoms with Gasteiger partial charge in [0.25, 0.3) is 0 Å². The molecule has 1 atom stereocenters. The van der Waals surface area contributed by atoms with Crippen LogP contribution in [0.1, 0.15) is 87.6 Å². The van der Waals surface area contributed by atoms with Gasteiger partial charge in [-0.15, -0.1) is 0 Å². The van der Waals surface area contributed by atoms with Gasteiger partial charge in [0.1, 0.15) is 5.56 Å². The van der Waals surface area contributed by atoms with Gasteiger partial charge in [0.15, 0.2) is 9.84 Å². The summed E-state index contributed by atoms with van der Waals surface area (Å²) >= 11 is 0. The zero-order valence-electron chi connectivity index (χ0n) is 21.7. The van der Waals surface area contributed by atoms with E-state index in [0.29, 0.717) is 46.3 Å². The molecule has 0 saturated carbocycles. The van der Waals surface area contributed by atoms with Crippen molar-refractivity contribution in [3.63, 3.8) is 0 Å². The third-order valence-electron chi connectivity index (χ3n) is 5.93. The highest BCUT2D eigenvalue weighted by Crippen LogP contribution is 2.34.